The maximum absolute atomic E-state index is 13.4. The first kappa shape index (κ1) is 40.2. The minimum atomic E-state index is -1.67. The van der Waals surface area contributed by atoms with Gasteiger partial charge in [0.05, 0.1) is 43.2 Å². The fourth-order valence-corrected chi connectivity index (χ4v) is 7.44. The average Bonchev–Trinajstić information content (AvgIpc) is 3.82. The van der Waals surface area contributed by atoms with Crippen LogP contribution in [0.3, 0.4) is 0 Å². The fraction of sp³-hybridized carbons (Fsp3) is 0.886. The number of methoxy groups -OCH3 is 3. The first-order valence-corrected chi connectivity index (χ1v) is 17.4. The Morgan fingerprint density at radius 2 is 1.57 bits per heavy atom. The molecule has 0 aliphatic carbocycles. The number of fused-ring (bicyclic) bond motifs is 1. The molecule has 4 heterocycles. The number of rotatable bonds is 8. The van der Waals surface area contributed by atoms with E-state index in [-0.39, 0.29) is 49.5 Å². The summed E-state index contributed by atoms with van der Waals surface area (Å²) in [6.45, 7) is 10.6. The quantitative estimate of drug-likeness (QED) is 0.246. The van der Waals surface area contributed by atoms with Crippen LogP contribution in [0.25, 0.3) is 0 Å². The van der Waals surface area contributed by atoms with Crippen LogP contribution in [-0.4, -0.2) is 140 Å². The summed E-state index contributed by atoms with van der Waals surface area (Å²) in [5.74, 6) is -2.15. The number of carbonyl (C=O) groups is 2. The van der Waals surface area contributed by atoms with Crippen molar-refractivity contribution in [2.45, 2.75) is 153 Å². The van der Waals surface area contributed by atoms with E-state index in [2.05, 4.69) is 0 Å². The molecule has 49 heavy (non-hydrogen) atoms. The largest absolute Gasteiger partial charge is 0.459 e. The minimum absolute atomic E-state index is 0.0587. The maximum atomic E-state index is 13.4. The summed E-state index contributed by atoms with van der Waals surface area (Å²) >= 11 is 0. The fourth-order valence-electron chi connectivity index (χ4n) is 7.44. The van der Waals surface area contributed by atoms with Gasteiger partial charge in [-0.2, -0.15) is 0 Å². The molecule has 14 heteroatoms. The number of esters is 1. The Morgan fingerprint density at radius 3 is 2.22 bits per heavy atom. The highest BCUT2D eigenvalue weighted by molar-refractivity contribution is 5.86. The zero-order valence-electron chi connectivity index (χ0n) is 30.3. The van der Waals surface area contributed by atoms with E-state index in [0.29, 0.717) is 12.8 Å². The number of epoxide rings is 1. The Balaban J connectivity index is 1.54. The molecule has 0 radical (unpaired) electrons. The van der Waals surface area contributed by atoms with Gasteiger partial charge in [-0.1, -0.05) is 19.9 Å². The third kappa shape index (κ3) is 9.86. The van der Waals surface area contributed by atoms with Crippen molar-refractivity contribution < 1.29 is 67.5 Å². The lowest BCUT2D eigenvalue weighted by Crippen LogP contribution is -2.59. The van der Waals surface area contributed by atoms with Crippen LogP contribution in [0.15, 0.2) is 12.2 Å². The van der Waals surface area contributed by atoms with Crippen molar-refractivity contribution in [3.8, 4) is 0 Å². The molecule has 4 rings (SSSR count). The molecule has 0 saturated carbocycles. The van der Waals surface area contributed by atoms with E-state index in [1.165, 1.54) is 34.3 Å². The molecule has 282 valence electrons. The predicted molar refractivity (Wildman–Crippen MR) is 173 cm³/mol. The molecule has 0 aromatic rings. The molecule has 4 aliphatic rings. The number of ketones is 1. The SMILES string of the molecule is COC1CC(C)OC(OC2C(C)C=CC(=O)OC(C)C(COC3OC(C)C(O)C(OC)C3OC)C3OC3CCC(=O)C(C)(O)CC2C)C1O. The van der Waals surface area contributed by atoms with Crippen LogP contribution >= 0.6 is 0 Å². The van der Waals surface area contributed by atoms with Crippen molar-refractivity contribution in [2.24, 2.45) is 17.8 Å². The molecule has 3 saturated heterocycles. The Hall–Kier alpha value is -1.56. The summed E-state index contributed by atoms with van der Waals surface area (Å²) in [4.78, 5) is 26.6. The molecule has 14 nitrogen and oxygen atoms in total. The van der Waals surface area contributed by atoms with Crippen LogP contribution in [0.4, 0.5) is 0 Å². The highest BCUT2D eigenvalue weighted by atomic mass is 16.7. The summed E-state index contributed by atoms with van der Waals surface area (Å²) < 4.78 is 52.8. The standard InChI is InChI=1S/C35H58O14/c1-17-10-13-26(37)46-20(4)22(16-44-34-32(43-9)31(42-8)27(38)21(5)47-34)30-23(48-30)11-12-25(36)35(6,40)15-18(2)29(17)49-33-28(39)24(41-7)14-19(3)45-33/h10,13,17-24,27-34,38-40H,11-12,14-16H2,1-9H3. The lowest BCUT2D eigenvalue weighted by atomic mass is 9.81. The molecule has 3 N–H and O–H groups in total. The second kappa shape index (κ2) is 17.3. The van der Waals surface area contributed by atoms with E-state index in [4.69, 9.17) is 42.6 Å². The molecule has 4 aliphatic heterocycles. The number of carbonyl (C=O) groups excluding carboxylic acids is 2. The molecule has 17 unspecified atom stereocenters. The van der Waals surface area contributed by atoms with Crippen molar-refractivity contribution in [3.63, 3.8) is 0 Å². The predicted octanol–water partition coefficient (Wildman–Crippen LogP) is 1.68. The number of aliphatic hydroxyl groups excluding tert-OH is 2. The van der Waals surface area contributed by atoms with Crippen LogP contribution in [0.5, 0.6) is 0 Å². The smallest absolute Gasteiger partial charge is 0.330 e. The summed E-state index contributed by atoms with van der Waals surface area (Å²) in [5, 5.41) is 32.9. The number of cyclic esters (lactones) is 1. The number of hydrogen-bond donors (Lipinski definition) is 3. The molecule has 3 fully saturated rings. The van der Waals surface area contributed by atoms with Crippen LogP contribution in [0, 0.1) is 17.8 Å². The number of ether oxygens (including phenoxy) is 9. The van der Waals surface area contributed by atoms with Gasteiger partial charge >= 0.3 is 5.97 Å². The third-order valence-corrected chi connectivity index (χ3v) is 10.5. The molecule has 17 atom stereocenters. The zero-order chi connectivity index (χ0) is 36.2. The molecule has 0 aromatic carbocycles. The van der Waals surface area contributed by atoms with E-state index in [1.54, 1.807) is 19.9 Å². The van der Waals surface area contributed by atoms with E-state index in [9.17, 15) is 24.9 Å². The monoisotopic (exact) mass is 702 g/mol. The van der Waals surface area contributed by atoms with Gasteiger partial charge in [-0.05, 0) is 46.5 Å². The normalized spacial score (nSPS) is 47.3. The Morgan fingerprint density at radius 1 is 0.878 bits per heavy atom. The molecule has 0 amide bonds. The minimum Gasteiger partial charge on any atom is -0.459 e. The van der Waals surface area contributed by atoms with Crippen molar-refractivity contribution in [1.82, 2.24) is 0 Å². The highest BCUT2D eigenvalue weighted by Crippen LogP contribution is 2.38. The number of Topliss-reactive ketones (excluding diaryl/α,β-unsaturated/α-hetero) is 1. The van der Waals surface area contributed by atoms with Gasteiger partial charge in [0.25, 0.3) is 0 Å². The molecule has 0 bridgehead atoms. The highest BCUT2D eigenvalue weighted by Gasteiger charge is 2.51. The average molecular weight is 703 g/mol. The molecule has 0 spiro atoms. The van der Waals surface area contributed by atoms with E-state index in [1.807, 2.05) is 20.8 Å². The first-order chi connectivity index (χ1) is 23.1. The van der Waals surface area contributed by atoms with Gasteiger partial charge in [0.2, 0.25) is 0 Å². The van der Waals surface area contributed by atoms with Gasteiger partial charge in [0, 0.05) is 52.1 Å². The van der Waals surface area contributed by atoms with Crippen LogP contribution in [0.2, 0.25) is 0 Å². The summed E-state index contributed by atoms with van der Waals surface area (Å²) in [6, 6.07) is 0. The van der Waals surface area contributed by atoms with Gasteiger partial charge in [0.1, 0.15) is 36.1 Å². The Labute approximate surface area is 289 Å². The molecular weight excluding hydrogens is 644 g/mol. The first-order valence-electron chi connectivity index (χ1n) is 17.4. The lowest BCUT2D eigenvalue weighted by Gasteiger charge is -2.42. The van der Waals surface area contributed by atoms with Crippen molar-refractivity contribution >= 4 is 11.8 Å². The van der Waals surface area contributed by atoms with E-state index in [0.717, 1.165) is 0 Å². The van der Waals surface area contributed by atoms with Crippen molar-refractivity contribution in [3.05, 3.63) is 12.2 Å². The van der Waals surface area contributed by atoms with Gasteiger partial charge in [-0.3, -0.25) is 4.79 Å². The van der Waals surface area contributed by atoms with Crippen LogP contribution in [-0.2, 0) is 52.2 Å². The molecular formula is C35H58O14. The Kier molecular flexibility index (Phi) is 14.2. The maximum Gasteiger partial charge on any atom is 0.330 e. The van der Waals surface area contributed by atoms with E-state index < -0.39 is 84.8 Å². The summed E-state index contributed by atoms with van der Waals surface area (Å²) in [7, 11) is 4.48. The van der Waals surface area contributed by atoms with E-state index >= 15 is 0 Å². The van der Waals surface area contributed by atoms with Gasteiger partial charge < -0.3 is 58.0 Å². The zero-order valence-corrected chi connectivity index (χ0v) is 30.3. The summed E-state index contributed by atoms with van der Waals surface area (Å²) in [6.07, 6.45) is -4.62. The van der Waals surface area contributed by atoms with Crippen molar-refractivity contribution in [1.29, 1.82) is 0 Å². The van der Waals surface area contributed by atoms with Crippen LogP contribution < -0.4 is 0 Å². The number of hydrogen-bond acceptors (Lipinski definition) is 14. The van der Waals surface area contributed by atoms with Gasteiger partial charge in [-0.25, -0.2) is 4.79 Å². The topological polar surface area (TPSA) is 181 Å². The summed E-state index contributed by atoms with van der Waals surface area (Å²) in [5.41, 5.74) is -1.67. The van der Waals surface area contributed by atoms with Crippen molar-refractivity contribution in [2.75, 3.05) is 27.9 Å². The molecule has 0 aromatic heterocycles. The Bertz CT molecular complexity index is 1120. The van der Waals surface area contributed by atoms with Crippen LogP contribution in [0.1, 0.15) is 67.2 Å². The number of aliphatic hydroxyl groups is 3. The second-order valence-electron chi connectivity index (χ2n) is 14.4. The van der Waals surface area contributed by atoms with Gasteiger partial charge in [0.15, 0.2) is 18.4 Å². The lowest BCUT2D eigenvalue weighted by molar-refractivity contribution is -0.305. The third-order valence-electron chi connectivity index (χ3n) is 10.5. The van der Waals surface area contributed by atoms with Gasteiger partial charge in [-0.15, -0.1) is 0 Å². The second-order valence-corrected chi connectivity index (χ2v) is 14.4.